The lowest BCUT2D eigenvalue weighted by Gasteiger charge is -2.32. The Morgan fingerprint density at radius 2 is 1.94 bits per heavy atom. The van der Waals surface area contributed by atoms with Gasteiger partial charge in [-0.3, -0.25) is 4.79 Å². The zero-order chi connectivity index (χ0) is 12.7. The molecule has 0 bridgehead atoms. The third-order valence-corrected chi connectivity index (χ3v) is 3.34. The van der Waals surface area contributed by atoms with E-state index in [0.29, 0.717) is 6.54 Å². The summed E-state index contributed by atoms with van der Waals surface area (Å²) in [7, 11) is 4.19. The molecule has 0 atom stereocenters. The van der Waals surface area contributed by atoms with E-state index < -0.39 is 0 Å². The molecular weight excluding hydrogens is 216 g/mol. The molecule has 17 heavy (non-hydrogen) atoms. The van der Waals surface area contributed by atoms with E-state index in [1.54, 1.807) is 0 Å². The summed E-state index contributed by atoms with van der Waals surface area (Å²) in [5.41, 5.74) is 0. The third kappa shape index (κ3) is 5.48. The molecule has 1 fully saturated rings. The van der Waals surface area contributed by atoms with Crippen LogP contribution in [0.1, 0.15) is 6.92 Å². The molecule has 0 aliphatic carbocycles. The Bertz CT molecular complexity index is 227. The minimum absolute atomic E-state index is 0.234. The monoisotopic (exact) mass is 242 g/mol. The van der Waals surface area contributed by atoms with Gasteiger partial charge in [0.05, 0.1) is 6.54 Å². The molecule has 5 heteroatoms. The fourth-order valence-electron chi connectivity index (χ4n) is 1.79. The smallest absolute Gasteiger partial charge is 0.236 e. The van der Waals surface area contributed by atoms with Crippen LogP contribution < -0.4 is 5.32 Å². The van der Waals surface area contributed by atoms with Crippen molar-refractivity contribution >= 4 is 5.91 Å². The fraction of sp³-hybridized carbons (Fsp3) is 0.917. The standard InChI is InChI=1S/C12H26N4O/c1-4-14(2)6-5-13-11-12(17)16-9-7-15(3)8-10-16/h13H,4-11H2,1-3H3. The first-order chi connectivity index (χ1) is 8.13. The van der Waals surface area contributed by atoms with Gasteiger partial charge in [0.25, 0.3) is 0 Å². The first kappa shape index (κ1) is 14.4. The van der Waals surface area contributed by atoms with Crippen molar-refractivity contribution in [2.24, 2.45) is 0 Å². The van der Waals surface area contributed by atoms with Crippen LogP contribution >= 0.6 is 0 Å². The van der Waals surface area contributed by atoms with Crippen molar-refractivity contribution in [2.75, 3.05) is 66.5 Å². The van der Waals surface area contributed by atoms with Gasteiger partial charge >= 0.3 is 0 Å². The zero-order valence-electron chi connectivity index (χ0n) is 11.4. The maximum absolute atomic E-state index is 11.9. The molecule has 1 heterocycles. The van der Waals surface area contributed by atoms with Gasteiger partial charge < -0.3 is 20.0 Å². The molecule has 1 aliphatic rings. The molecule has 1 N–H and O–H groups in total. The van der Waals surface area contributed by atoms with Crippen molar-refractivity contribution in [1.82, 2.24) is 20.0 Å². The van der Waals surface area contributed by atoms with Gasteiger partial charge in [0, 0.05) is 39.3 Å². The Morgan fingerprint density at radius 3 is 2.53 bits per heavy atom. The van der Waals surface area contributed by atoms with Gasteiger partial charge in [0.1, 0.15) is 0 Å². The number of likely N-dealkylation sites (N-methyl/N-ethyl adjacent to an activating group) is 2. The fourth-order valence-corrected chi connectivity index (χ4v) is 1.79. The van der Waals surface area contributed by atoms with Gasteiger partial charge in [0.15, 0.2) is 0 Å². The van der Waals surface area contributed by atoms with Crippen molar-refractivity contribution in [3.63, 3.8) is 0 Å². The maximum Gasteiger partial charge on any atom is 0.236 e. The van der Waals surface area contributed by atoms with Crippen molar-refractivity contribution in [1.29, 1.82) is 0 Å². The van der Waals surface area contributed by atoms with Crippen molar-refractivity contribution < 1.29 is 4.79 Å². The Hall–Kier alpha value is -0.650. The van der Waals surface area contributed by atoms with Crippen LogP contribution in [0.3, 0.4) is 0 Å². The van der Waals surface area contributed by atoms with E-state index in [1.807, 2.05) is 4.90 Å². The number of nitrogens with one attached hydrogen (secondary N) is 1. The molecule has 0 aromatic heterocycles. The third-order valence-electron chi connectivity index (χ3n) is 3.34. The predicted molar refractivity (Wildman–Crippen MR) is 70.1 cm³/mol. The highest BCUT2D eigenvalue weighted by Gasteiger charge is 2.18. The second kappa shape index (κ2) is 7.63. The number of piperazine rings is 1. The summed E-state index contributed by atoms with van der Waals surface area (Å²) in [5.74, 6) is 0.234. The minimum atomic E-state index is 0.234. The molecule has 1 aliphatic heterocycles. The van der Waals surface area contributed by atoms with Crippen LogP contribution in [0.5, 0.6) is 0 Å². The highest BCUT2D eigenvalue weighted by Crippen LogP contribution is 1.98. The van der Waals surface area contributed by atoms with Gasteiger partial charge in [-0.2, -0.15) is 0 Å². The molecule has 1 saturated heterocycles. The number of carbonyl (C=O) groups is 1. The van der Waals surface area contributed by atoms with E-state index in [0.717, 1.165) is 45.8 Å². The van der Waals surface area contributed by atoms with E-state index in [2.05, 4.69) is 36.1 Å². The van der Waals surface area contributed by atoms with Crippen molar-refractivity contribution in [2.45, 2.75) is 6.92 Å². The Morgan fingerprint density at radius 1 is 1.29 bits per heavy atom. The molecule has 0 radical (unpaired) electrons. The second-order valence-corrected chi connectivity index (χ2v) is 4.76. The van der Waals surface area contributed by atoms with E-state index in [4.69, 9.17) is 0 Å². The molecule has 1 rings (SSSR count). The number of carbonyl (C=O) groups excluding carboxylic acids is 1. The predicted octanol–water partition coefficient (Wildman–Crippen LogP) is -0.698. The molecule has 5 nitrogen and oxygen atoms in total. The number of nitrogens with zero attached hydrogens (tertiary/aromatic N) is 3. The van der Waals surface area contributed by atoms with Crippen LogP contribution in [0, 0.1) is 0 Å². The van der Waals surface area contributed by atoms with Crippen LogP contribution in [-0.2, 0) is 4.79 Å². The average Bonchev–Trinajstić information content (AvgIpc) is 2.34. The molecule has 0 aromatic rings. The maximum atomic E-state index is 11.9. The summed E-state index contributed by atoms with van der Waals surface area (Å²) in [4.78, 5) is 18.3. The Kier molecular flexibility index (Phi) is 6.47. The van der Waals surface area contributed by atoms with Crippen LogP contribution in [0.15, 0.2) is 0 Å². The molecule has 0 saturated carbocycles. The van der Waals surface area contributed by atoms with Gasteiger partial charge in [-0.25, -0.2) is 0 Å². The molecule has 0 aromatic carbocycles. The quantitative estimate of drug-likeness (QED) is 0.625. The first-order valence-electron chi connectivity index (χ1n) is 6.49. The number of amides is 1. The molecular formula is C12H26N4O. The highest BCUT2D eigenvalue weighted by molar-refractivity contribution is 5.78. The SMILES string of the molecule is CCN(C)CCNCC(=O)N1CCN(C)CC1. The number of hydrogen-bond acceptors (Lipinski definition) is 4. The van der Waals surface area contributed by atoms with Crippen LogP contribution in [-0.4, -0.2) is 87.1 Å². The summed E-state index contributed by atoms with van der Waals surface area (Å²) in [6, 6.07) is 0. The summed E-state index contributed by atoms with van der Waals surface area (Å²) in [5, 5.41) is 3.21. The molecule has 1 amide bonds. The Balaban J connectivity index is 2.08. The van der Waals surface area contributed by atoms with Gasteiger partial charge in [-0.1, -0.05) is 6.92 Å². The van der Waals surface area contributed by atoms with Gasteiger partial charge in [-0.05, 0) is 20.6 Å². The Labute approximate surface area is 105 Å². The minimum Gasteiger partial charge on any atom is -0.339 e. The average molecular weight is 242 g/mol. The van der Waals surface area contributed by atoms with Crippen molar-refractivity contribution in [3.8, 4) is 0 Å². The molecule has 0 unspecified atom stereocenters. The summed E-state index contributed by atoms with van der Waals surface area (Å²) < 4.78 is 0. The largest absolute Gasteiger partial charge is 0.339 e. The van der Waals surface area contributed by atoms with E-state index in [-0.39, 0.29) is 5.91 Å². The van der Waals surface area contributed by atoms with Gasteiger partial charge in [-0.15, -0.1) is 0 Å². The molecule has 100 valence electrons. The summed E-state index contributed by atoms with van der Waals surface area (Å²) >= 11 is 0. The number of rotatable bonds is 6. The summed E-state index contributed by atoms with van der Waals surface area (Å²) in [6.07, 6.45) is 0. The first-order valence-corrected chi connectivity index (χ1v) is 6.49. The normalized spacial score (nSPS) is 17.8. The number of hydrogen-bond donors (Lipinski definition) is 1. The lowest BCUT2D eigenvalue weighted by Crippen LogP contribution is -2.49. The lowest BCUT2D eigenvalue weighted by molar-refractivity contribution is -0.131. The van der Waals surface area contributed by atoms with Crippen LogP contribution in [0.2, 0.25) is 0 Å². The topological polar surface area (TPSA) is 38.8 Å². The zero-order valence-corrected chi connectivity index (χ0v) is 11.4. The lowest BCUT2D eigenvalue weighted by atomic mass is 10.3. The summed E-state index contributed by atoms with van der Waals surface area (Å²) in [6.45, 7) is 9.24. The van der Waals surface area contributed by atoms with Crippen molar-refractivity contribution in [3.05, 3.63) is 0 Å². The van der Waals surface area contributed by atoms with E-state index in [9.17, 15) is 4.79 Å². The highest BCUT2D eigenvalue weighted by atomic mass is 16.2. The van der Waals surface area contributed by atoms with Crippen LogP contribution in [0.25, 0.3) is 0 Å². The van der Waals surface area contributed by atoms with Crippen LogP contribution in [0.4, 0.5) is 0 Å². The van der Waals surface area contributed by atoms with E-state index in [1.165, 1.54) is 0 Å². The van der Waals surface area contributed by atoms with Gasteiger partial charge in [0.2, 0.25) is 5.91 Å². The van der Waals surface area contributed by atoms with E-state index >= 15 is 0 Å². The second-order valence-electron chi connectivity index (χ2n) is 4.76. The molecule has 0 spiro atoms.